The second-order valence-electron chi connectivity index (χ2n) is 7.05. The van der Waals surface area contributed by atoms with Crippen LogP contribution < -0.4 is 0 Å². The summed E-state index contributed by atoms with van der Waals surface area (Å²) in [4.78, 5) is 17.7. The minimum Gasteiger partial charge on any atom is -0.302 e. The van der Waals surface area contributed by atoms with Crippen molar-refractivity contribution in [3.05, 3.63) is 33.8 Å². The highest BCUT2D eigenvalue weighted by Crippen LogP contribution is 2.27. The van der Waals surface area contributed by atoms with Crippen molar-refractivity contribution in [3.63, 3.8) is 0 Å². The smallest absolute Gasteiger partial charge is 0.138 e. The Bertz CT molecular complexity index is 623. The number of nitriles is 1. The van der Waals surface area contributed by atoms with Gasteiger partial charge in [0.15, 0.2) is 0 Å². The van der Waals surface area contributed by atoms with E-state index in [2.05, 4.69) is 6.07 Å². The van der Waals surface area contributed by atoms with E-state index in [0.717, 1.165) is 49.0 Å². The van der Waals surface area contributed by atoms with Crippen molar-refractivity contribution in [1.82, 2.24) is 5.06 Å². The van der Waals surface area contributed by atoms with Gasteiger partial charge in [0.1, 0.15) is 5.78 Å². The fraction of sp³-hybridized carbons (Fsp3) is 0.600. The Morgan fingerprint density at radius 2 is 1.96 bits per heavy atom. The summed E-state index contributed by atoms with van der Waals surface area (Å²) in [5.74, 6) is 0.441. The van der Waals surface area contributed by atoms with E-state index in [9.17, 15) is 10.1 Å². The molecule has 0 bridgehead atoms. The molecule has 0 aliphatic carbocycles. The van der Waals surface area contributed by atoms with Crippen LogP contribution in [0.4, 0.5) is 0 Å². The first-order chi connectivity index (χ1) is 11.9. The Hall–Kier alpha value is -1.41. The molecular weight excluding hydrogens is 336 g/mol. The molecule has 2 rings (SSSR count). The lowest BCUT2D eigenvalue weighted by molar-refractivity contribution is -0.148. The molecule has 25 heavy (non-hydrogen) atoms. The maximum Gasteiger partial charge on any atom is 0.138 e. The average molecular weight is 363 g/mol. The molecule has 0 N–H and O–H groups in total. The molecule has 0 spiro atoms. The highest BCUT2D eigenvalue weighted by Gasteiger charge is 2.24. The molecule has 0 amide bonds. The highest BCUT2D eigenvalue weighted by atomic mass is 35.5. The summed E-state index contributed by atoms with van der Waals surface area (Å²) in [6, 6.07) is 6.13. The number of nitrogens with zero attached hydrogens (tertiary/aromatic N) is 2. The Morgan fingerprint density at radius 3 is 2.48 bits per heavy atom. The van der Waals surface area contributed by atoms with Gasteiger partial charge in [-0.05, 0) is 67.9 Å². The molecule has 1 fully saturated rings. The number of benzene rings is 1. The van der Waals surface area contributed by atoms with E-state index >= 15 is 0 Å². The second kappa shape index (κ2) is 9.33. The van der Waals surface area contributed by atoms with Crippen LogP contribution in [0.5, 0.6) is 0 Å². The SMILES string of the molecule is CON1CCC(CC(C#N)CC(=O)Cc2c(C)cc(Cl)cc2C)CC1. The summed E-state index contributed by atoms with van der Waals surface area (Å²) >= 11 is 6.05. The minimum atomic E-state index is -0.195. The number of rotatable bonds is 7. The number of carbonyl (C=O) groups is 1. The standard InChI is InChI=1S/C20H27ClN2O2/c1-14-8-18(21)9-15(2)20(14)12-19(24)11-17(13-22)10-16-4-6-23(25-3)7-5-16/h8-9,16-17H,4-7,10-12H2,1-3H3. The largest absolute Gasteiger partial charge is 0.302 e. The monoisotopic (exact) mass is 362 g/mol. The molecule has 1 aliphatic heterocycles. The molecule has 0 radical (unpaired) electrons. The summed E-state index contributed by atoms with van der Waals surface area (Å²) < 4.78 is 0. The predicted octanol–water partition coefficient (Wildman–Crippen LogP) is 4.26. The highest BCUT2D eigenvalue weighted by molar-refractivity contribution is 6.30. The first kappa shape index (κ1) is 19.9. The van der Waals surface area contributed by atoms with Crippen LogP contribution in [0, 0.1) is 37.0 Å². The first-order valence-electron chi connectivity index (χ1n) is 8.89. The molecule has 1 aliphatic rings. The average Bonchev–Trinajstić information content (AvgIpc) is 2.58. The van der Waals surface area contributed by atoms with E-state index in [1.165, 1.54) is 0 Å². The fourth-order valence-electron chi connectivity index (χ4n) is 3.68. The number of hydrogen-bond donors (Lipinski definition) is 0. The zero-order valence-corrected chi connectivity index (χ0v) is 16.1. The molecule has 1 atom stereocenters. The lowest BCUT2D eigenvalue weighted by atomic mass is 9.85. The van der Waals surface area contributed by atoms with Gasteiger partial charge in [-0.1, -0.05) is 11.6 Å². The summed E-state index contributed by atoms with van der Waals surface area (Å²) in [6.07, 6.45) is 3.57. The van der Waals surface area contributed by atoms with E-state index < -0.39 is 0 Å². The molecule has 1 saturated heterocycles. The van der Waals surface area contributed by atoms with Crippen molar-refractivity contribution in [1.29, 1.82) is 5.26 Å². The fourth-order valence-corrected chi connectivity index (χ4v) is 4.00. The Balaban J connectivity index is 1.89. The molecule has 1 aromatic rings. The van der Waals surface area contributed by atoms with Crippen molar-refractivity contribution >= 4 is 17.4 Å². The van der Waals surface area contributed by atoms with Crippen molar-refractivity contribution in [2.75, 3.05) is 20.2 Å². The van der Waals surface area contributed by atoms with Crippen LogP contribution in [0.3, 0.4) is 0 Å². The van der Waals surface area contributed by atoms with Crippen molar-refractivity contribution in [2.24, 2.45) is 11.8 Å². The lowest BCUT2D eigenvalue weighted by Gasteiger charge is -2.30. The van der Waals surface area contributed by atoms with Crippen LogP contribution in [0.25, 0.3) is 0 Å². The third-order valence-electron chi connectivity index (χ3n) is 5.14. The second-order valence-corrected chi connectivity index (χ2v) is 7.49. The van der Waals surface area contributed by atoms with Crippen LogP contribution in [0.15, 0.2) is 12.1 Å². The van der Waals surface area contributed by atoms with E-state index in [1.54, 1.807) is 7.11 Å². The van der Waals surface area contributed by atoms with Gasteiger partial charge in [-0.3, -0.25) is 4.79 Å². The Kier molecular flexibility index (Phi) is 7.43. The number of hydrogen-bond acceptors (Lipinski definition) is 4. The molecule has 0 aromatic heterocycles. The summed E-state index contributed by atoms with van der Waals surface area (Å²) in [6.45, 7) is 5.76. The molecule has 4 nitrogen and oxygen atoms in total. The van der Waals surface area contributed by atoms with E-state index in [4.69, 9.17) is 16.4 Å². The number of halogens is 1. The number of piperidine rings is 1. The van der Waals surface area contributed by atoms with Crippen molar-refractivity contribution in [3.8, 4) is 6.07 Å². The van der Waals surface area contributed by atoms with Gasteiger partial charge >= 0.3 is 0 Å². The molecular formula is C20H27ClN2O2. The maximum atomic E-state index is 12.5. The van der Waals surface area contributed by atoms with Crippen LogP contribution >= 0.6 is 11.6 Å². The van der Waals surface area contributed by atoms with Gasteiger partial charge < -0.3 is 4.84 Å². The Morgan fingerprint density at radius 1 is 1.36 bits per heavy atom. The van der Waals surface area contributed by atoms with Gasteiger partial charge in [0.05, 0.1) is 19.1 Å². The number of aryl methyl sites for hydroxylation is 2. The Labute approximate surface area is 155 Å². The number of carbonyl (C=O) groups excluding carboxylic acids is 1. The van der Waals surface area contributed by atoms with Crippen molar-refractivity contribution in [2.45, 2.75) is 46.0 Å². The minimum absolute atomic E-state index is 0.134. The van der Waals surface area contributed by atoms with Gasteiger partial charge in [0.25, 0.3) is 0 Å². The third kappa shape index (κ3) is 5.81. The summed E-state index contributed by atoms with van der Waals surface area (Å²) in [5, 5.41) is 12.1. The molecule has 1 unspecified atom stereocenters. The van der Waals surface area contributed by atoms with Crippen molar-refractivity contribution < 1.29 is 9.63 Å². The summed E-state index contributed by atoms with van der Waals surface area (Å²) in [5.41, 5.74) is 3.12. The van der Waals surface area contributed by atoms with Gasteiger partial charge in [0.2, 0.25) is 0 Å². The zero-order chi connectivity index (χ0) is 18.4. The lowest BCUT2D eigenvalue weighted by Crippen LogP contribution is -2.33. The quantitative estimate of drug-likeness (QED) is 0.727. The van der Waals surface area contributed by atoms with E-state index in [-0.39, 0.29) is 11.7 Å². The zero-order valence-electron chi connectivity index (χ0n) is 15.3. The van der Waals surface area contributed by atoms with Gasteiger partial charge in [0, 0.05) is 31.0 Å². The molecule has 0 saturated carbocycles. The van der Waals surface area contributed by atoms with E-state index in [0.29, 0.717) is 23.8 Å². The molecule has 5 heteroatoms. The topological polar surface area (TPSA) is 53.3 Å². The van der Waals surface area contributed by atoms with E-state index in [1.807, 2.05) is 31.0 Å². The van der Waals surface area contributed by atoms with Gasteiger partial charge in [-0.15, -0.1) is 0 Å². The number of ketones is 1. The van der Waals surface area contributed by atoms with Crippen LogP contribution in [0.2, 0.25) is 5.02 Å². The molecule has 1 aromatic carbocycles. The molecule has 136 valence electrons. The first-order valence-corrected chi connectivity index (χ1v) is 9.26. The third-order valence-corrected chi connectivity index (χ3v) is 5.36. The summed E-state index contributed by atoms with van der Waals surface area (Å²) in [7, 11) is 1.69. The van der Waals surface area contributed by atoms with Crippen LogP contribution in [-0.4, -0.2) is 31.0 Å². The van der Waals surface area contributed by atoms with Crippen LogP contribution in [0.1, 0.15) is 42.4 Å². The predicted molar refractivity (Wildman–Crippen MR) is 99.3 cm³/mol. The maximum absolute atomic E-state index is 12.5. The van der Waals surface area contributed by atoms with Crippen LogP contribution in [-0.2, 0) is 16.1 Å². The van der Waals surface area contributed by atoms with Gasteiger partial charge in [-0.2, -0.15) is 10.3 Å². The number of hydroxylamine groups is 2. The normalized spacial score (nSPS) is 17.2. The molecule has 1 heterocycles. The number of Topliss-reactive ketones (excluding diaryl/α,β-unsaturated/α-hetero) is 1. The van der Waals surface area contributed by atoms with Gasteiger partial charge in [-0.25, -0.2) is 0 Å².